The number of phenols is 1. The van der Waals surface area contributed by atoms with Crippen LogP contribution in [0.15, 0.2) is 18.2 Å². The maximum absolute atomic E-state index is 10.0. The van der Waals surface area contributed by atoms with Gasteiger partial charge in [-0.05, 0) is 69.7 Å². The molecule has 1 N–H and O–H groups in total. The standard InChI is InChI=1S/C15H28O2Si2/c1-13-9-7-10-14(15(13)16)11-8-12-19(5,6)17-18(2,3)4/h7,9-10,16H,8,11-12H2,1-6H3. The Morgan fingerprint density at radius 1 is 1.11 bits per heavy atom. The summed E-state index contributed by atoms with van der Waals surface area (Å²) in [6.07, 6.45) is 2.04. The van der Waals surface area contributed by atoms with Crippen LogP contribution in [0.1, 0.15) is 17.5 Å². The van der Waals surface area contributed by atoms with Gasteiger partial charge in [0.1, 0.15) is 5.75 Å². The molecule has 0 fully saturated rings. The third-order valence-corrected chi connectivity index (χ3v) is 9.35. The van der Waals surface area contributed by atoms with Crippen molar-refractivity contribution in [2.75, 3.05) is 0 Å². The van der Waals surface area contributed by atoms with Crippen LogP contribution in [0.2, 0.25) is 38.8 Å². The average Bonchev–Trinajstić information content (AvgIpc) is 2.20. The first kappa shape index (κ1) is 16.5. The lowest BCUT2D eigenvalue weighted by molar-refractivity contribution is 0.463. The smallest absolute Gasteiger partial charge is 0.173 e. The van der Waals surface area contributed by atoms with Crippen molar-refractivity contribution in [2.45, 2.75) is 58.5 Å². The van der Waals surface area contributed by atoms with Crippen molar-refractivity contribution in [1.82, 2.24) is 0 Å². The molecule has 2 nitrogen and oxygen atoms in total. The second kappa shape index (κ2) is 6.24. The normalized spacial score (nSPS) is 12.7. The average molecular weight is 297 g/mol. The predicted molar refractivity (Wildman–Crippen MR) is 87.9 cm³/mol. The van der Waals surface area contributed by atoms with Crippen LogP contribution in [-0.4, -0.2) is 21.7 Å². The molecule has 0 heterocycles. The summed E-state index contributed by atoms with van der Waals surface area (Å²) in [5.74, 6) is 0.466. The number of aryl methyl sites for hydroxylation is 2. The van der Waals surface area contributed by atoms with Gasteiger partial charge in [0.15, 0.2) is 16.6 Å². The van der Waals surface area contributed by atoms with Crippen LogP contribution in [0.3, 0.4) is 0 Å². The molecule has 0 bridgehead atoms. The summed E-state index contributed by atoms with van der Waals surface area (Å²) in [5.41, 5.74) is 2.03. The second-order valence-corrected chi connectivity index (χ2v) is 16.0. The highest BCUT2D eigenvalue weighted by atomic mass is 28.4. The fourth-order valence-electron chi connectivity index (χ4n) is 2.51. The van der Waals surface area contributed by atoms with Crippen molar-refractivity contribution in [1.29, 1.82) is 0 Å². The van der Waals surface area contributed by atoms with E-state index in [0.717, 1.165) is 30.0 Å². The SMILES string of the molecule is Cc1cccc(CCC[Si](C)(C)O[Si](C)(C)C)c1O. The molecule has 19 heavy (non-hydrogen) atoms. The summed E-state index contributed by atoms with van der Waals surface area (Å²) in [7, 11) is -2.97. The highest BCUT2D eigenvalue weighted by Crippen LogP contribution is 2.25. The van der Waals surface area contributed by atoms with Gasteiger partial charge in [-0.2, -0.15) is 0 Å². The lowest BCUT2D eigenvalue weighted by atomic mass is 10.1. The lowest BCUT2D eigenvalue weighted by Gasteiger charge is -2.31. The fourth-order valence-corrected chi connectivity index (χ4v) is 10.6. The van der Waals surface area contributed by atoms with E-state index in [1.165, 1.54) is 0 Å². The molecule has 1 aromatic rings. The van der Waals surface area contributed by atoms with E-state index < -0.39 is 16.6 Å². The van der Waals surface area contributed by atoms with Gasteiger partial charge in [-0.25, -0.2) is 0 Å². The van der Waals surface area contributed by atoms with Crippen LogP contribution in [0.4, 0.5) is 0 Å². The molecule has 0 spiro atoms. The maximum atomic E-state index is 10.0. The van der Waals surface area contributed by atoms with E-state index in [9.17, 15) is 5.11 Å². The Bertz CT molecular complexity index is 423. The van der Waals surface area contributed by atoms with Gasteiger partial charge in [-0.15, -0.1) is 0 Å². The number of hydrogen-bond acceptors (Lipinski definition) is 2. The van der Waals surface area contributed by atoms with Crippen LogP contribution in [-0.2, 0) is 10.5 Å². The van der Waals surface area contributed by atoms with Gasteiger partial charge in [0.25, 0.3) is 0 Å². The largest absolute Gasteiger partial charge is 0.507 e. The molecule has 1 rings (SSSR count). The molecule has 0 amide bonds. The molecule has 0 unspecified atom stereocenters. The molecule has 0 atom stereocenters. The Balaban J connectivity index is 2.52. The second-order valence-electron chi connectivity index (χ2n) is 6.91. The molecule has 0 saturated carbocycles. The number of phenolic OH excluding ortho intramolecular Hbond substituents is 1. The quantitative estimate of drug-likeness (QED) is 0.772. The summed E-state index contributed by atoms with van der Waals surface area (Å²) in [5, 5.41) is 10.0. The van der Waals surface area contributed by atoms with Gasteiger partial charge in [0.05, 0.1) is 0 Å². The van der Waals surface area contributed by atoms with E-state index in [-0.39, 0.29) is 0 Å². The molecule has 0 saturated heterocycles. The monoisotopic (exact) mass is 296 g/mol. The molecule has 1 aromatic carbocycles. The van der Waals surface area contributed by atoms with E-state index in [1.54, 1.807) is 0 Å². The molecule has 108 valence electrons. The zero-order valence-corrected chi connectivity index (χ0v) is 15.2. The van der Waals surface area contributed by atoms with Crippen molar-refractivity contribution in [3.05, 3.63) is 29.3 Å². The van der Waals surface area contributed by atoms with E-state index in [2.05, 4.69) is 32.7 Å². The summed E-state index contributed by atoms with van der Waals surface area (Å²) >= 11 is 0. The van der Waals surface area contributed by atoms with E-state index in [4.69, 9.17) is 4.12 Å². The number of aromatic hydroxyl groups is 1. The lowest BCUT2D eigenvalue weighted by Crippen LogP contribution is -2.42. The molecular formula is C15H28O2Si2. The van der Waals surface area contributed by atoms with Gasteiger partial charge in [0.2, 0.25) is 0 Å². The highest BCUT2D eigenvalue weighted by molar-refractivity contribution is 6.84. The fraction of sp³-hybridized carbons (Fsp3) is 0.600. The Kier molecular flexibility index (Phi) is 5.41. The Morgan fingerprint density at radius 2 is 1.74 bits per heavy atom. The van der Waals surface area contributed by atoms with Crippen molar-refractivity contribution < 1.29 is 9.22 Å². The highest BCUT2D eigenvalue weighted by Gasteiger charge is 2.28. The minimum absolute atomic E-state index is 0.466. The maximum Gasteiger partial charge on any atom is 0.173 e. The number of hydrogen-bond donors (Lipinski definition) is 1. The molecular weight excluding hydrogens is 268 g/mol. The molecule has 0 aromatic heterocycles. The van der Waals surface area contributed by atoms with Crippen molar-refractivity contribution in [3.8, 4) is 5.75 Å². The summed E-state index contributed by atoms with van der Waals surface area (Å²) in [6, 6.07) is 7.15. The van der Waals surface area contributed by atoms with Crippen LogP contribution in [0.5, 0.6) is 5.75 Å². The van der Waals surface area contributed by atoms with E-state index >= 15 is 0 Å². The topological polar surface area (TPSA) is 29.5 Å². The van der Waals surface area contributed by atoms with Crippen LogP contribution in [0.25, 0.3) is 0 Å². The zero-order valence-electron chi connectivity index (χ0n) is 13.2. The molecule has 0 aliphatic rings. The van der Waals surface area contributed by atoms with Gasteiger partial charge < -0.3 is 9.22 Å². The third-order valence-electron chi connectivity index (χ3n) is 3.13. The molecule has 0 aliphatic heterocycles. The van der Waals surface area contributed by atoms with Gasteiger partial charge in [0, 0.05) is 0 Å². The molecule has 0 aliphatic carbocycles. The molecule has 4 heteroatoms. The van der Waals surface area contributed by atoms with Gasteiger partial charge in [-0.3, -0.25) is 0 Å². The Morgan fingerprint density at radius 3 is 2.32 bits per heavy atom. The van der Waals surface area contributed by atoms with Crippen molar-refractivity contribution in [2.24, 2.45) is 0 Å². The van der Waals surface area contributed by atoms with Crippen molar-refractivity contribution in [3.63, 3.8) is 0 Å². The van der Waals surface area contributed by atoms with Crippen LogP contribution < -0.4 is 0 Å². The first-order valence-electron chi connectivity index (χ1n) is 7.08. The first-order chi connectivity index (χ1) is 8.61. The Labute approximate surface area is 120 Å². The van der Waals surface area contributed by atoms with Crippen LogP contribution >= 0.6 is 0 Å². The Hall–Kier alpha value is -0.586. The zero-order chi connectivity index (χ0) is 14.7. The summed E-state index contributed by atoms with van der Waals surface area (Å²) in [6.45, 7) is 13.3. The minimum Gasteiger partial charge on any atom is -0.507 e. The summed E-state index contributed by atoms with van der Waals surface area (Å²) < 4.78 is 6.33. The first-order valence-corrected chi connectivity index (χ1v) is 13.6. The third kappa shape index (κ3) is 5.93. The van der Waals surface area contributed by atoms with E-state index in [1.807, 2.05) is 25.1 Å². The summed E-state index contributed by atoms with van der Waals surface area (Å²) in [4.78, 5) is 0. The van der Waals surface area contributed by atoms with Crippen LogP contribution in [0, 0.1) is 6.92 Å². The van der Waals surface area contributed by atoms with E-state index in [0.29, 0.717) is 5.75 Å². The molecule has 0 radical (unpaired) electrons. The minimum atomic E-state index is -1.54. The number of rotatable bonds is 6. The van der Waals surface area contributed by atoms with Crippen molar-refractivity contribution >= 4 is 16.6 Å². The number of benzene rings is 1. The number of para-hydroxylation sites is 1. The predicted octanol–water partition coefficient (Wildman–Crippen LogP) is 4.69. The van der Waals surface area contributed by atoms with Gasteiger partial charge in [-0.1, -0.05) is 18.2 Å². The van der Waals surface area contributed by atoms with Gasteiger partial charge >= 0.3 is 0 Å².